The first-order chi connectivity index (χ1) is 7.66. The Bertz CT molecular complexity index is 381. The van der Waals surface area contributed by atoms with E-state index in [1.54, 1.807) is 12.1 Å². The minimum Gasteiger partial charge on any atom is -0.347 e. The average Bonchev–Trinajstić information content (AvgIpc) is 2.24. The fourth-order valence-electron chi connectivity index (χ4n) is 2.14. The highest BCUT2D eigenvalue weighted by Crippen LogP contribution is 2.41. The van der Waals surface area contributed by atoms with Gasteiger partial charge in [-0.25, -0.2) is 4.39 Å². The summed E-state index contributed by atoms with van der Waals surface area (Å²) in [6, 6.07) is 6.44. The summed E-state index contributed by atoms with van der Waals surface area (Å²) in [6.07, 6.45) is 3.50. The van der Waals surface area contributed by atoms with Gasteiger partial charge < -0.3 is 5.32 Å². The second kappa shape index (κ2) is 4.24. The fraction of sp³-hybridized carbons (Fsp3) is 0.462. The van der Waals surface area contributed by atoms with Crippen LogP contribution in [0.3, 0.4) is 0 Å². The molecule has 86 valence electrons. The number of hydrogen-bond acceptors (Lipinski definition) is 1. The van der Waals surface area contributed by atoms with Gasteiger partial charge in [-0.1, -0.05) is 19.1 Å². The van der Waals surface area contributed by atoms with Crippen molar-refractivity contribution >= 4 is 5.91 Å². The van der Waals surface area contributed by atoms with Gasteiger partial charge in [0.05, 0.1) is 5.54 Å². The van der Waals surface area contributed by atoms with E-state index in [1.807, 2.05) is 6.92 Å². The van der Waals surface area contributed by atoms with Crippen LogP contribution in [0.5, 0.6) is 0 Å². The van der Waals surface area contributed by atoms with Gasteiger partial charge in [0, 0.05) is 6.42 Å². The Labute approximate surface area is 94.9 Å². The Morgan fingerprint density at radius 2 is 2.00 bits per heavy atom. The third-order valence-corrected chi connectivity index (χ3v) is 3.30. The third kappa shape index (κ3) is 1.94. The lowest BCUT2D eigenvalue weighted by Crippen LogP contribution is -2.50. The summed E-state index contributed by atoms with van der Waals surface area (Å²) in [5, 5.41) is 3.05. The van der Waals surface area contributed by atoms with Crippen LogP contribution in [-0.4, -0.2) is 5.91 Å². The number of nitrogens with one attached hydrogen (secondary N) is 1. The summed E-state index contributed by atoms with van der Waals surface area (Å²) in [4.78, 5) is 11.5. The molecular formula is C13H16FNO. The molecule has 1 fully saturated rings. The van der Waals surface area contributed by atoms with Crippen molar-refractivity contribution in [3.8, 4) is 0 Å². The van der Waals surface area contributed by atoms with E-state index in [2.05, 4.69) is 5.32 Å². The molecule has 0 unspecified atom stereocenters. The summed E-state index contributed by atoms with van der Waals surface area (Å²) in [6.45, 7) is 1.84. The van der Waals surface area contributed by atoms with E-state index in [9.17, 15) is 9.18 Å². The van der Waals surface area contributed by atoms with E-state index in [0.29, 0.717) is 6.42 Å². The molecule has 0 heterocycles. The molecular weight excluding hydrogens is 205 g/mol. The maximum absolute atomic E-state index is 12.8. The first-order valence-corrected chi connectivity index (χ1v) is 5.73. The van der Waals surface area contributed by atoms with Gasteiger partial charge in [-0.15, -0.1) is 0 Å². The number of halogens is 1. The quantitative estimate of drug-likeness (QED) is 0.835. The van der Waals surface area contributed by atoms with Crippen molar-refractivity contribution in [2.24, 2.45) is 0 Å². The molecule has 2 rings (SSSR count). The van der Waals surface area contributed by atoms with Gasteiger partial charge in [0.2, 0.25) is 5.91 Å². The minimum atomic E-state index is -0.236. The Kier molecular flexibility index (Phi) is 2.95. The highest BCUT2D eigenvalue weighted by Gasteiger charge is 2.39. The van der Waals surface area contributed by atoms with Crippen LogP contribution in [0.15, 0.2) is 24.3 Å². The first-order valence-electron chi connectivity index (χ1n) is 5.73. The lowest BCUT2D eigenvalue weighted by Gasteiger charge is -2.43. The molecule has 1 aliphatic carbocycles. The summed E-state index contributed by atoms with van der Waals surface area (Å²) < 4.78 is 12.8. The van der Waals surface area contributed by atoms with Crippen molar-refractivity contribution in [1.82, 2.24) is 5.32 Å². The number of rotatable bonds is 3. The maximum Gasteiger partial charge on any atom is 0.220 e. The summed E-state index contributed by atoms with van der Waals surface area (Å²) in [5.74, 6) is -0.177. The number of carbonyl (C=O) groups excluding carboxylic acids is 1. The molecule has 0 atom stereocenters. The van der Waals surface area contributed by atoms with Crippen molar-refractivity contribution in [3.63, 3.8) is 0 Å². The van der Waals surface area contributed by atoms with Crippen LogP contribution in [0.4, 0.5) is 4.39 Å². The van der Waals surface area contributed by atoms with Crippen molar-refractivity contribution in [2.45, 2.75) is 38.1 Å². The minimum absolute atomic E-state index is 0.0593. The topological polar surface area (TPSA) is 29.1 Å². The average molecular weight is 221 g/mol. The molecule has 0 aliphatic heterocycles. The van der Waals surface area contributed by atoms with Gasteiger partial charge in [-0.05, 0) is 37.0 Å². The first kappa shape index (κ1) is 11.1. The van der Waals surface area contributed by atoms with Crippen molar-refractivity contribution in [1.29, 1.82) is 0 Å². The smallest absolute Gasteiger partial charge is 0.220 e. The van der Waals surface area contributed by atoms with E-state index < -0.39 is 0 Å². The maximum atomic E-state index is 12.8. The Morgan fingerprint density at radius 1 is 1.38 bits per heavy atom. The Balaban J connectivity index is 2.21. The second-order valence-corrected chi connectivity index (χ2v) is 4.34. The highest BCUT2D eigenvalue weighted by molar-refractivity contribution is 5.76. The standard InChI is InChI=1S/C13H16FNO/c1-2-12(16)15-13(8-3-9-13)10-4-6-11(14)7-5-10/h4-7H,2-3,8-9H2,1H3,(H,15,16). The summed E-state index contributed by atoms with van der Waals surface area (Å²) >= 11 is 0. The molecule has 1 aromatic rings. The molecule has 1 amide bonds. The monoisotopic (exact) mass is 221 g/mol. The number of benzene rings is 1. The molecule has 1 aromatic carbocycles. The molecule has 0 bridgehead atoms. The predicted octanol–water partition coefficient (Wildman–Crippen LogP) is 2.73. The van der Waals surface area contributed by atoms with Gasteiger partial charge in [-0.2, -0.15) is 0 Å². The zero-order valence-electron chi connectivity index (χ0n) is 9.42. The molecule has 0 saturated heterocycles. The molecule has 0 aromatic heterocycles. The van der Waals surface area contributed by atoms with Gasteiger partial charge >= 0.3 is 0 Å². The molecule has 1 saturated carbocycles. The fourth-order valence-corrected chi connectivity index (χ4v) is 2.14. The zero-order valence-corrected chi connectivity index (χ0v) is 9.42. The van der Waals surface area contributed by atoms with E-state index >= 15 is 0 Å². The lowest BCUT2D eigenvalue weighted by atomic mass is 9.71. The second-order valence-electron chi connectivity index (χ2n) is 4.34. The van der Waals surface area contributed by atoms with E-state index in [1.165, 1.54) is 12.1 Å². The predicted molar refractivity (Wildman–Crippen MR) is 60.4 cm³/mol. The molecule has 2 nitrogen and oxygen atoms in total. The molecule has 1 N–H and O–H groups in total. The van der Waals surface area contributed by atoms with E-state index in [0.717, 1.165) is 24.8 Å². The largest absolute Gasteiger partial charge is 0.347 e. The third-order valence-electron chi connectivity index (χ3n) is 3.30. The van der Waals surface area contributed by atoms with Crippen LogP contribution in [0.2, 0.25) is 0 Å². The SMILES string of the molecule is CCC(=O)NC1(c2ccc(F)cc2)CCC1. The normalized spacial score (nSPS) is 17.6. The van der Waals surface area contributed by atoms with Crippen LogP contribution in [0.1, 0.15) is 38.2 Å². The van der Waals surface area contributed by atoms with Crippen LogP contribution in [-0.2, 0) is 10.3 Å². The summed E-state index contributed by atoms with van der Waals surface area (Å²) in [7, 11) is 0. The van der Waals surface area contributed by atoms with Crippen LogP contribution in [0, 0.1) is 5.82 Å². The van der Waals surface area contributed by atoms with E-state index in [-0.39, 0.29) is 17.3 Å². The van der Waals surface area contributed by atoms with Crippen LogP contribution < -0.4 is 5.32 Å². The molecule has 0 spiro atoms. The van der Waals surface area contributed by atoms with Gasteiger partial charge in [0.25, 0.3) is 0 Å². The van der Waals surface area contributed by atoms with Gasteiger partial charge in [0.15, 0.2) is 0 Å². The molecule has 16 heavy (non-hydrogen) atoms. The number of hydrogen-bond donors (Lipinski definition) is 1. The van der Waals surface area contributed by atoms with Crippen molar-refractivity contribution in [3.05, 3.63) is 35.6 Å². The van der Waals surface area contributed by atoms with Gasteiger partial charge in [0.1, 0.15) is 5.82 Å². The van der Waals surface area contributed by atoms with Crippen LogP contribution >= 0.6 is 0 Å². The Hall–Kier alpha value is -1.38. The number of amides is 1. The van der Waals surface area contributed by atoms with Crippen molar-refractivity contribution < 1.29 is 9.18 Å². The lowest BCUT2D eigenvalue weighted by molar-refractivity contribution is -0.124. The molecule has 3 heteroatoms. The van der Waals surface area contributed by atoms with Gasteiger partial charge in [-0.3, -0.25) is 4.79 Å². The number of carbonyl (C=O) groups is 1. The zero-order chi connectivity index (χ0) is 11.6. The highest BCUT2D eigenvalue weighted by atomic mass is 19.1. The van der Waals surface area contributed by atoms with Crippen molar-refractivity contribution in [2.75, 3.05) is 0 Å². The molecule has 1 aliphatic rings. The summed E-state index contributed by atoms with van der Waals surface area (Å²) in [5.41, 5.74) is 0.780. The molecule has 0 radical (unpaired) electrons. The van der Waals surface area contributed by atoms with Crippen LogP contribution in [0.25, 0.3) is 0 Å². The Morgan fingerprint density at radius 3 is 2.44 bits per heavy atom. The van der Waals surface area contributed by atoms with E-state index in [4.69, 9.17) is 0 Å².